The van der Waals surface area contributed by atoms with Crippen molar-refractivity contribution >= 4 is 43.1 Å². The van der Waals surface area contributed by atoms with Crippen molar-refractivity contribution in [3.05, 3.63) is 84.9 Å². The highest BCUT2D eigenvalue weighted by atomic mass is 14.3. The third-order valence-corrected chi connectivity index (χ3v) is 6.15. The van der Waals surface area contributed by atoms with Gasteiger partial charge in [0.25, 0.3) is 0 Å². The van der Waals surface area contributed by atoms with Crippen LogP contribution in [0.2, 0.25) is 0 Å². The van der Waals surface area contributed by atoms with Crippen LogP contribution in [0.1, 0.15) is 0 Å². The van der Waals surface area contributed by atoms with E-state index in [4.69, 9.17) is 0 Å². The Hall–Kier alpha value is -3.38. The minimum atomic E-state index is 1.32. The molecule has 26 heavy (non-hydrogen) atoms. The van der Waals surface area contributed by atoms with Crippen LogP contribution in [0.3, 0.4) is 0 Å². The molecule has 118 valence electrons. The number of fused-ring (bicyclic) bond motifs is 5. The van der Waals surface area contributed by atoms with E-state index in [1.807, 2.05) is 0 Å². The summed E-state index contributed by atoms with van der Waals surface area (Å²) in [6, 6.07) is 31.5. The summed E-state index contributed by atoms with van der Waals surface area (Å²) in [4.78, 5) is 0. The molecule has 0 heteroatoms. The van der Waals surface area contributed by atoms with Gasteiger partial charge in [0, 0.05) is 0 Å². The van der Waals surface area contributed by atoms with Crippen molar-refractivity contribution < 1.29 is 0 Å². The third-order valence-electron chi connectivity index (χ3n) is 6.15. The molecule has 6 aromatic rings. The Labute approximate surface area is 150 Å². The van der Waals surface area contributed by atoms with E-state index in [1.165, 1.54) is 65.3 Å². The molecule has 0 nitrogen and oxygen atoms in total. The molecule has 7 rings (SSSR count). The Morgan fingerprint density at radius 3 is 1.42 bits per heavy atom. The van der Waals surface area contributed by atoms with Crippen molar-refractivity contribution in [2.45, 2.75) is 0 Å². The van der Waals surface area contributed by atoms with Crippen molar-refractivity contribution in [3.8, 4) is 22.3 Å². The van der Waals surface area contributed by atoms with E-state index in [2.05, 4.69) is 84.9 Å². The molecular weight excluding hydrogens is 312 g/mol. The van der Waals surface area contributed by atoms with Gasteiger partial charge in [-0.3, -0.25) is 0 Å². The average Bonchev–Trinajstić information content (AvgIpc) is 3.04. The van der Waals surface area contributed by atoms with Gasteiger partial charge in [0.2, 0.25) is 0 Å². The fraction of sp³-hybridized carbons (Fsp3) is 0. The first-order chi connectivity index (χ1) is 12.9. The van der Waals surface area contributed by atoms with Crippen LogP contribution in [-0.2, 0) is 0 Å². The molecule has 0 radical (unpaired) electrons. The predicted molar refractivity (Wildman–Crippen MR) is 112 cm³/mol. The Morgan fingerprint density at radius 1 is 0.308 bits per heavy atom. The molecule has 0 N–H and O–H groups in total. The highest BCUT2D eigenvalue weighted by Gasteiger charge is 2.24. The van der Waals surface area contributed by atoms with Crippen LogP contribution < -0.4 is 0 Å². The SMILES string of the molecule is c1ccc2c(c1)-c1ccc3c4cccc5cccc(c6ccc-2c1c36)c54. The maximum Gasteiger partial charge on any atom is -0.00139 e. The predicted octanol–water partition coefficient (Wildman–Crippen LogP) is 7.38. The van der Waals surface area contributed by atoms with Crippen molar-refractivity contribution in [1.82, 2.24) is 0 Å². The second kappa shape index (κ2) is 4.23. The molecule has 0 bridgehead atoms. The van der Waals surface area contributed by atoms with Gasteiger partial charge in [0.05, 0.1) is 0 Å². The molecule has 0 spiro atoms. The molecule has 0 heterocycles. The van der Waals surface area contributed by atoms with Gasteiger partial charge in [0.15, 0.2) is 0 Å². The van der Waals surface area contributed by atoms with Crippen molar-refractivity contribution in [1.29, 1.82) is 0 Å². The Balaban J connectivity index is 1.86. The lowest BCUT2D eigenvalue weighted by Crippen LogP contribution is -1.87. The van der Waals surface area contributed by atoms with Crippen LogP contribution in [0.4, 0.5) is 0 Å². The summed E-state index contributed by atoms with van der Waals surface area (Å²) in [5.74, 6) is 0. The first-order valence-corrected chi connectivity index (χ1v) is 9.14. The summed E-state index contributed by atoms with van der Waals surface area (Å²) in [5.41, 5.74) is 5.48. The van der Waals surface area contributed by atoms with Gasteiger partial charge >= 0.3 is 0 Å². The van der Waals surface area contributed by atoms with E-state index in [9.17, 15) is 0 Å². The normalized spacial score (nSPS) is 12.6. The number of hydrogen-bond acceptors (Lipinski definition) is 0. The molecule has 0 fully saturated rings. The minimum Gasteiger partial charge on any atom is -0.0616 e. The van der Waals surface area contributed by atoms with Gasteiger partial charge < -0.3 is 0 Å². The third kappa shape index (κ3) is 1.32. The van der Waals surface area contributed by atoms with Crippen LogP contribution in [0, 0.1) is 0 Å². The zero-order valence-corrected chi connectivity index (χ0v) is 14.1. The second-order valence-electron chi connectivity index (χ2n) is 7.33. The number of rotatable bonds is 0. The zero-order valence-electron chi connectivity index (χ0n) is 14.1. The van der Waals surface area contributed by atoms with Crippen molar-refractivity contribution in [2.24, 2.45) is 0 Å². The van der Waals surface area contributed by atoms with Crippen LogP contribution >= 0.6 is 0 Å². The van der Waals surface area contributed by atoms with Crippen LogP contribution in [0.5, 0.6) is 0 Å². The topological polar surface area (TPSA) is 0 Å². The highest BCUT2D eigenvalue weighted by molar-refractivity contribution is 6.36. The van der Waals surface area contributed by atoms with E-state index in [1.54, 1.807) is 0 Å². The summed E-state index contributed by atoms with van der Waals surface area (Å²) in [6.45, 7) is 0. The quantitative estimate of drug-likeness (QED) is 0.201. The van der Waals surface area contributed by atoms with E-state index in [-0.39, 0.29) is 0 Å². The molecule has 0 atom stereocenters. The average molecular weight is 326 g/mol. The minimum absolute atomic E-state index is 1.32. The molecule has 0 amide bonds. The molecule has 0 unspecified atom stereocenters. The molecule has 0 saturated heterocycles. The first-order valence-electron chi connectivity index (χ1n) is 9.14. The van der Waals surface area contributed by atoms with Crippen molar-refractivity contribution in [2.75, 3.05) is 0 Å². The monoisotopic (exact) mass is 326 g/mol. The summed E-state index contributed by atoms with van der Waals surface area (Å²) in [7, 11) is 0. The van der Waals surface area contributed by atoms with Gasteiger partial charge in [-0.15, -0.1) is 0 Å². The van der Waals surface area contributed by atoms with Crippen LogP contribution in [-0.4, -0.2) is 0 Å². The molecule has 0 saturated carbocycles. The van der Waals surface area contributed by atoms with Crippen molar-refractivity contribution in [3.63, 3.8) is 0 Å². The molecule has 6 aromatic carbocycles. The van der Waals surface area contributed by atoms with E-state index >= 15 is 0 Å². The van der Waals surface area contributed by atoms with Gasteiger partial charge in [0.1, 0.15) is 0 Å². The first kappa shape index (κ1) is 12.9. The summed E-state index contributed by atoms with van der Waals surface area (Å²) in [5, 5.41) is 11.0. The molecule has 0 aliphatic heterocycles. The fourth-order valence-electron chi connectivity index (χ4n) is 5.14. The summed E-state index contributed by atoms with van der Waals surface area (Å²) < 4.78 is 0. The maximum absolute atomic E-state index is 2.33. The van der Waals surface area contributed by atoms with E-state index in [0.29, 0.717) is 0 Å². The van der Waals surface area contributed by atoms with E-state index in [0.717, 1.165) is 0 Å². The Morgan fingerprint density at radius 2 is 0.846 bits per heavy atom. The zero-order chi connectivity index (χ0) is 16.8. The Bertz CT molecular complexity index is 1410. The number of benzene rings is 6. The standard InChI is InChI=1S/C26H14/c1-2-8-17-16(7-1)20-11-13-22-18-9-3-5-15-6-4-10-19(24(15)18)23-14-12-21(17)25(20)26(22)23/h1-14H. The highest BCUT2D eigenvalue weighted by Crippen LogP contribution is 2.51. The lowest BCUT2D eigenvalue weighted by atomic mass is 9.88. The fourth-order valence-corrected chi connectivity index (χ4v) is 5.14. The summed E-state index contributed by atoms with van der Waals surface area (Å²) in [6.07, 6.45) is 0. The maximum atomic E-state index is 2.33. The lowest BCUT2D eigenvalue weighted by Gasteiger charge is -2.15. The largest absolute Gasteiger partial charge is 0.0616 e. The van der Waals surface area contributed by atoms with Gasteiger partial charge in [-0.05, 0) is 65.3 Å². The molecule has 1 aliphatic carbocycles. The lowest BCUT2D eigenvalue weighted by molar-refractivity contribution is 1.70. The van der Waals surface area contributed by atoms with Gasteiger partial charge in [-0.2, -0.15) is 0 Å². The molecule has 0 aromatic heterocycles. The molecular formula is C26H14. The second-order valence-corrected chi connectivity index (χ2v) is 7.33. The Kier molecular flexibility index (Phi) is 2.10. The van der Waals surface area contributed by atoms with Gasteiger partial charge in [-0.1, -0.05) is 84.9 Å². The van der Waals surface area contributed by atoms with Gasteiger partial charge in [-0.25, -0.2) is 0 Å². The summed E-state index contributed by atoms with van der Waals surface area (Å²) >= 11 is 0. The molecule has 1 aliphatic rings. The van der Waals surface area contributed by atoms with Crippen LogP contribution in [0.25, 0.3) is 65.3 Å². The number of hydrogen-bond donors (Lipinski definition) is 0. The van der Waals surface area contributed by atoms with E-state index < -0.39 is 0 Å². The van der Waals surface area contributed by atoms with Crippen LogP contribution in [0.15, 0.2) is 84.9 Å². The smallest absolute Gasteiger partial charge is 0.00139 e.